The van der Waals surface area contributed by atoms with Gasteiger partial charge in [0.1, 0.15) is 131 Å². The average Bonchev–Trinajstić information content (AvgIpc) is 1.61. The maximum atomic E-state index is 13.1. The lowest BCUT2D eigenvalue weighted by Crippen LogP contribution is -2.64. The summed E-state index contributed by atoms with van der Waals surface area (Å²) in [6, 6.07) is 6.65. The van der Waals surface area contributed by atoms with Gasteiger partial charge in [0.15, 0.2) is 53.2 Å². The van der Waals surface area contributed by atoms with Gasteiger partial charge in [-0.15, -0.1) is 0 Å². The lowest BCUT2D eigenvalue weighted by molar-refractivity contribution is -0.236. The molecule has 0 saturated carbocycles. The number of rotatable bonds is 54. The van der Waals surface area contributed by atoms with Gasteiger partial charge in [-0.25, -0.2) is 14.4 Å². The van der Waals surface area contributed by atoms with Crippen LogP contribution < -0.4 is 60.3 Å². The fourth-order valence-electron chi connectivity index (χ4n) is 13.1. The smallest absolute Gasteiger partial charge is 0.407 e. The molecule has 126 heavy (non-hydrogen) atoms. The second-order valence-electron chi connectivity index (χ2n) is 28.6. The molecular formula is C78H114N6O42. The van der Waals surface area contributed by atoms with Gasteiger partial charge in [-0.2, -0.15) is 0 Å². The number of fused-ring (bicyclic) bond motifs is 3. The van der Waals surface area contributed by atoms with E-state index in [1.54, 1.807) is 0 Å². The molecule has 4 aliphatic rings. The van der Waals surface area contributed by atoms with Crippen LogP contribution in [0, 0.1) is 0 Å². The van der Waals surface area contributed by atoms with E-state index < -0.39 is 222 Å². The van der Waals surface area contributed by atoms with E-state index in [9.17, 15) is 120 Å². The number of ether oxygens (including phenoxy) is 18. The third-order valence-corrected chi connectivity index (χ3v) is 19.9. The predicted molar refractivity (Wildman–Crippen MR) is 420 cm³/mol. The number of carbonyl (C=O) groups excluding carboxylic acids is 6. The maximum Gasteiger partial charge on any atom is 0.407 e. The molecular weight excluding hydrogens is 1690 g/mol. The first-order valence-electron chi connectivity index (χ1n) is 40.1. The molecule has 1 aliphatic carbocycles. The van der Waals surface area contributed by atoms with Crippen LogP contribution in [0.3, 0.4) is 0 Å². The first kappa shape index (κ1) is 103. The minimum Gasteiger partial charge on any atom is -0.493 e. The molecule has 0 bridgehead atoms. The normalized spacial score (nSPS) is 23.3. The Morgan fingerprint density at radius 2 is 0.532 bits per heavy atom. The number of aliphatic carboxylic acids is 3. The van der Waals surface area contributed by atoms with E-state index >= 15 is 0 Å². The second kappa shape index (κ2) is 53.8. The van der Waals surface area contributed by atoms with Crippen molar-refractivity contribution >= 4 is 53.9 Å². The van der Waals surface area contributed by atoms with Crippen LogP contribution >= 0.6 is 0 Å². The van der Waals surface area contributed by atoms with E-state index in [1.165, 1.54) is 21.3 Å². The average molecular weight is 1810 g/mol. The Labute approximate surface area is 720 Å². The largest absolute Gasteiger partial charge is 0.493 e. The van der Waals surface area contributed by atoms with Crippen LogP contribution in [0.4, 0.5) is 14.4 Å². The summed E-state index contributed by atoms with van der Waals surface area (Å²) >= 11 is 0. The number of carboxylic acid groups (broad SMARTS) is 3. The van der Waals surface area contributed by atoms with E-state index in [0.717, 1.165) is 33.4 Å². The first-order chi connectivity index (χ1) is 60.4. The highest BCUT2D eigenvalue weighted by Gasteiger charge is 2.48. The molecule has 7 rings (SSSR count). The Bertz CT molecular complexity index is 3940. The van der Waals surface area contributed by atoms with E-state index in [2.05, 4.69) is 31.9 Å². The number of carboxylic acids is 3. The minimum absolute atomic E-state index is 0.0341. The van der Waals surface area contributed by atoms with Crippen molar-refractivity contribution in [1.82, 2.24) is 31.9 Å². The van der Waals surface area contributed by atoms with Crippen molar-refractivity contribution in [1.29, 1.82) is 0 Å². The molecule has 48 nitrogen and oxygen atoms in total. The molecule has 0 radical (unpaired) electrons. The van der Waals surface area contributed by atoms with Crippen LogP contribution in [0.2, 0.25) is 0 Å². The van der Waals surface area contributed by atoms with Crippen LogP contribution in [0.15, 0.2) is 36.4 Å². The Morgan fingerprint density at radius 3 is 0.746 bits per heavy atom. The molecule has 3 aromatic rings. The van der Waals surface area contributed by atoms with Crippen LogP contribution in [-0.4, -0.2) is 401 Å². The van der Waals surface area contributed by atoms with Crippen molar-refractivity contribution in [2.75, 3.05) is 160 Å². The summed E-state index contributed by atoms with van der Waals surface area (Å²) in [7, 11) is 4.48. The lowest BCUT2D eigenvalue weighted by Gasteiger charge is -2.40. The molecule has 0 aromatic heterocycles. The third-order valence-electron chi connectivity index (χ3n) is 19.9. The summed E-state index contributed by atoms with van der Waals surface area (Å²) < 4.78 is 102. The highest BCUT2D eigenvalue weighted by molar-refractivity contribution is 5.88. The summed E-state index contributed by atoms with van der Waals surface area (Å²) in [6.07, 6.45) is -30.5. The zero-order chi connectivity index (χ0) is 91.9. The number of alkyl carbamates (subject to hydrolysis) is 3. The van der Waals surface area contributed by atoms with Crippen LogP contribution in [0.5, 0.6) is 34.5 Å². The number of aliphatic hydroxyl groups excluding tert-OH is 12. The fraction of sp³-hybridized carbons (Fsp3) is 0.654. The lowest BCUT2D eigenvalue weighted by atomic mass is 9.94. The summed E-state index contributed by atoms with van der Waals surface area (Å²) in [5, 5.41) is 162. The summed E-state index contributed by atoms with van der Waals surface area (Å²) in [6.45, 7) is -2.98. The number of amides is 6. The molecule has 0 unspecified atom stereocenters. The molecule has 3 heterocycles. The standard InChI is InChI=1S/C78H114N6O42/c1-109-49-31-40-28-41-32-50(110-2)53(119-23-17-113-11-14-116-20-26-122-77(107)80-47(5-8-59(90)91)71(104)83-74-68(101)65(98)62(95)56(38-86)125-74)35-44(41)30-45-36-54(120-24-18-114-12-15-117-21-27-123-78(108)81-48(6-9-60(92)93)72(105)84-75-69(102)66(99)63(96)57(39-87)126-75)51(111-3)33-42(45)29-43(40)34-52(49)118-22-16-112-10-13-115-19-25-121-76(106)79-46(4-7-58(88)89)70(103)82-73-67(100)64(97)61(94)55(37-85)124-73/h31-36,46-48,55-57,61-69,73-75,85-87,94-102H,4-30,37-39H2,1-3H3,(H,79,106)(H,80,107)(H,81,108)(H,82,103)(H,83,104)(H,84,105)(H,88,89)(H,90,91)(H,92,93)/t46-,47-,48-,55+,56+,57+,61-,62-,63-,64-,65-,66-,67+,68+,69+,73+,74+,75+/m0/s1. The highest BCUT2D eigenvalue weighted by Crippen LogP contribution is 2.41. The molecule has 6 amide bonds. The van der Waals surface area contributed by atoms with Gasteiger partial charge in [-0.1, -0.05) is 0 Å². The number of hydrogen-bond donors (Lipinski definition) is 21. The zero-order valence-corrected chi connectivity index (χ0v) is 69.3. The molecule has 48 heteroatoms. The Kier molecular flexibility index (Phi) is 44.1. The van der Waals surface area contributed by atoms with Crippen molar-refractivity contribution in [3.8, 4) is 34.5 Å². The molecule has 708 valence electrons. The Hall–Kier alpha value is -9.75. The maximum absolute atomic E-state index is 13.1. The van der Waals surface area contributed by atoms with Crippen molar-refractivity contribution in [2.45, 2.75) is 168 Å². The quantitative estimate of drug-likeness (QED) is 0.0144. The van der Waals surface area contributed by atoms with Crippen LogP contribution in [-0.2, 0) is 105 Å². The highest BCUT2D eigenvalue weighted by atomic mass is 16.6. The second-order valence-corrected chi connectivity index (χ2v) is 28.6. The number of carbonyl (C=O) groups is 9. The van der Waals surface area contributed by atoms with Crippen molar-refractivity contribution < 1.29 is 205 Å². The van der Waals surface area contributed by atoms with Crippen molar-refractivity contribution in [2.24, 2.45) is 0 Å². The topological polar surface area (TPSA) is 695 Å². The van der Waals surface area contributed by atoms with Crippen molar-refractivity contribution in [3.05, 3.63) is 69.8 Å². The monoisotopic (exact) mass is 1810 g/mol. The molecule has 18 atom stereocenters. The minimum atomic E-state index is -1.85. The molecule has 3 aromatic carbocycles. The van der Waals surface area contributed by atoms with Gasteiger partial charge in [-0.3, -0.25) is 28.8 Å². The van der Waals surface area contributed by atoms with Gasteiger partial charge in [0.25, 0.3) is 0 Å². The number of benzene rings is 3. The van der Waals surface area contributed by atoms with Gasteiger partial charge in [0.05, 0.1) is 120 Å². The SMILES string of the molecule is COc1cc2c(cc1OCCOCCOCCOC(=O)N[C@@H](CCC(=O)O)C(=O)N[C@@H]1O[C@H](CO)[C@H](O)[C@H](O)[C@H]1O)Cc1cc(OC)c(OCCOCCOCCOC(=O)N[C@@H](CCC(=O)O)C(=O)N[C@@H]3O[C@H](CO)[C@H](O)[C@H](O)[C@H]3O)cc1Cc1cc(OCCOCCOCCOC(=O)N[C@@H](CCC(=O)O)C(=O)N[C@@H]3O[C@H](CO)[C@H](O)[C@H](O)[C@H]3O)c(OC)cc1C2. The number of nitrogens with one attached hydrogen (secondary N) is 6. The van der Waals surface area contributed by atoms with Gasteiger partial charge in [-0.05, 0) is 108 Å². The summed E-state index contributed by atoms with van der Waals surface area (Å²) in [5.41, 5.74) is 5.04. The number of methoxy groups -OCH3 is 3. The van der Waals surface area contributed by atoms with E-state index in [1.807, 2.05) is 36.4 Å². The Morgan fingerprint density at radius 1 is 0.317 bits per heavy atom. The van der Waals surface area contributed by atoms with Crippen LogP contribution in [0.25, 0.3) is 0 Å². The molecule has 21 N–H and O–H groups in total. The first-order valence-corrected chi connectivity index (χ1v) is 40.1. The zero-order valence-electron chi connectivity index (χ0n) is 69.3. The molecule has 3 fully saturated rings. The van der Waals surface area contributed by atoms with Gasteiger partial charge < -0.3 is 194 Å². The van der Waals surface area contributed by atoms with Gasteiger partial charge in [0, 0.05) is 19.3 Å². The fourth-order valence-corrected chi connectivity index (χ4v) is 13.1. The van der Waals surface area contributed by atoms with E-state index in [-0.39, 0.29) is 119 Å². The molecule has 0 spiro atoms. The number of aliphatic hydroxyl groups is 12. The van der Waals surface area contributed by atoms with Gasteiger partial charge >= 0.3 is 36.2 Å². The van der Waals surface area contributed by atoms with Gasteiger partial charge in [0.2, 0.25) is 17.7 Å². The van der Waals surface area contributed by atoms with Crippen LogP contribution in [0.1, 0.15) is 71.9 Å². The molecule has 3 saturated heterocycles. The summed E-state index contributed by atoms with van der Waals surface area (Å²) in [4.78, 5) is 112. The van der Waals surface area contributed by atoms with Crippen molar-refractivity contribution in [3.63, 3.8) is 0 Å². The predicted octanol–water partition coefficient (Wildman–Crippen LogP) is -6.34. The third kappa shape index (κ3) is 32.5. The van der Waals surface area contributed by atoms with E-state index in [0.29, 0.717) is 53.8 Å². The van der Waals surface area contributed by atoms with E-state index in [4.69, 9.17) is 85.3 Å². The number of hydrogen-bond acceptors (Lipinski definition) is 39. The molecule has 3 aliphatic heterocycles. The summed E-state index contributed by atoms with van der Waals surface area (Å²) in [5.74, 6) is -4.65. The Balaban J connectivity index is 0.930.